The minimum atomic E-state index is -3.10. The predicted octanol–water partition coefficient (Wildman–Crippen LogP) is 13.5. The normalized spacial score (nSPS) is 22.8. The van der Waals surface area contributed by atoms with Crippen molar-refractivity contribution in [1.29, 1.82) is 0 Å². The zero-order chi connectivity index (χ0) is 63.6. The number of hydrogen-bond acceptors (Lipinski definition) is 13. The third-order valence-corrected chi connectivity index (χ3v) is 28.4. The molecule has 16 heteroatoms. The number of nitrogens with one attached hydrogen (secondary N) is 1. The standard InChI is InChI=1S/C75H87N5O9Si2/c1-72(2,3)90(9,10)89-66-63(81)60(46-54(49-82-47-52-32-18-11-19-33-52)64(66)83-48-53-34-20-12-21-35-53)86-71-78-62-68(79-75(55-36-22-13-23-37-55,56-38-24-14-25-39-56)57-40-26-15-27-41-57)76-51-77-69(62)80(71)70-67-65(87-74(7,8)88-67)61(85-70)50-84-91(73(4,5)6,58-42-28-16-29-43-58)59-44-30-17-31-45-59/h11-45,51,54,60-61,63-67,70,81H,46-50H2,1-10H3,(H,76,77,79)/t54-,60+,61-,63-,64-,65-,66-,67-,70-/m1/s1. The lowest BCUT2D eigenvalue weighted by atomic mass is 9.77. The van der Waals surface area contributed by atoms with Gasteiger partial charge in [0.15, 0.2) is 37.3 Å². The Morgan fingerprint density at radius 3 is 1.62 bits per heavy atom. The van der Waals surface area contributed by atoms with Crippen molar-refractivity contribution in [2.24, 2.45) is 5.92 Å². The van der Waals surface area contributed by atoms with Crippen LogP contribution >= 0.6 is 0 Å². The average molecular weight is 1260 g/mol. The highest BCUT2D eigenvalue weighted by Crippen LogP contribution is 2.49. The molecule has 0 bridgehead atoms. The van der Waals surface area contributed by atoms with E-state index in [4.69, 9.17) is 52.2 Å². The van der Waals surface area contributed by atoms with E-state index in [0.29, 0.717) is 36.6 Å². The maximum atomic E-state index is 13.4. The number of aliphatic hydroxyl groups excluding tert-OH is 1. The molecule has 14 nitrogen and oxygen atoms in total. The van der Waals surface area contributed by atoms with Crippen molar-refractivity contribution in [2.75, 3.05) is 18.5 Å². The summed E-state index contributed by atoms with van der Waals surface area (Å²) < 4.78 is 59.7. The molecule has 0 unspecified atom stereocenters. The van der Waals surface area contributed by atoms with Gasteiger partial charge in [0.1, 0.15) is 48.5 Å². The summed E-state index contributed by atoms with van der Waals surface area (Å²) in [6.07, 6.45) is -4.63. The number of hydrogen-bond donors (Lipinski definition) is 2. The molecule has 9 atom stereocenters. The number of rotatable bonds is 22. The van der Waals surface area contributed by atoms with Crippen LogP contribution in [0.25, 0.3) is 11.2 Å². The Balaban J connectivity index is 1.01. The van der Waals surface area contributed by atoms with Gasteiger partial charge >= 0.3 is 6.01 Å². The minimum Gasteiger partial charge on any atom is -0.458 e. The van der Waals surface area contributed by atoms with E-state index in [0.717, 1.165) is 38.2 Å². The molecule has 474 valence electrons. The monoisotopic (exact) mass is 1260 g/mol. The summed E-state index contributed by atoms with van der Waals surface area (Å²) in [6, 6.07) is 72.8. The Morgan fingerprint density at radius 1 is 0.604 bits per heavy atom. The van der Waals surface area contributed by atoms with Crippen LogP contribution in [-0.2, 0) is 51.3 Å². The molecular weight excluding hydrogens is 1170 g/mol. The van der Waals surface area contributed by atoms with Crippen LogP contribution in [0.2, 0.25) is 23.2 Å². The summed E-state index contributed by atoms with van der Waals surface area (Å²) in [4.78, 5) is 15.7. The van der Waals surface area contributed by atoms with Gasteiger partial charge in [-0.2, -0.15) is 4.98 Å². The van der Waals surface area contributed by atoms with Gasteiger partial charge < -0.3 is 47.7 Å². The van der Waals surface area contributed by atoms with E-state index in [1.807, 2.05) is 85.1 Å². The molecule has 1 saturated carbocycles. The fourth-order valence-electron chi connectivity index (χ4n) is 13.4. The van der Waals surface area contributed by atoms with Crippen molar-refractivity contribution < 1.29 is 42.4 Å². The topological polar surface area (TPSA) is 150 Å². The van der Waals surface area contributed by atoms with E-state index in [2.05, 4.69) is 206 Å². The van der Waals surface area contributed by atoms with Crippen molar-refractivity contribution in [1.82, 2.24) is 19.5 Å². The molecule has 2 aliphatic heterocycles. The van der Waals surface area contributed by atoms with Crippen LogP contribution < -0.4 is 20.4 Å². The smallest absolute Gasteiger partial charge is 0.301 e. The highest BCUT2D eigenvalue weighted by Gasteiger charge is 2.59. The molecule has 9 aromatic rings. The molecule has 2 N–H and O–H groups in total. The van der Waals surface area contributed by atoms with Crippen molar-refractivity contribution in [2.45, 2.75) is 158 Å². The van der Waals surface area contributed by atoms with Crippen molar-refractivity contribution in [3.63, 3.8) is 0 Å². The number of nitrogens with zero attached hydrogens (tertiary/aromatic N) is 4. The maximum absolute atomic E-state index is 13.4. The van der Waals surface area contributed by atoms with E-state index >= 15 is 0 Å². The second-order valence-corrected chi connectivity index (χ2v) is 36.5. The fourth-order valence-corrected chi connectivity index (χ4v) is 19.3. The highest BCUT2D eigenvalue weighted by atomic mass is 28.4. The molecule has 0 amide bonds. The Bertz CT molecular complexity index is 3670. The van der Waals surface area contributed by atoms with Crippen molar-refractivity contribution in [3.05, 3.63) is 246 Å². The van der Waals surface area contributed by atoms with Crippen LogP contribution in [0.4, 0.5) is 5.82 Å². The summed E-state index contributed by atoms with van der Waals surface area (Å²) in [5.41, 5.74) is 4.78. The molecule has 2 aromatic heterocycles. The highest BCUT2D eigenvalue weighted by molar-refractivity contribution is 6.99. The van der Waals surface area contributed by atoms with E-state index in [1.54, 1.807) is 6.33 Å². The van der Waals surface area contributed by atoms with Gasteiger partial charge in [0.05, 0.1) is 32.5 Å². The molecule has 3 fully saturated rings. The van der Waals surface area contributed by atoms with Gasteiger partial charge in [0.25, 0.3) is 8.32 Å². The Hall–Kier alpha value is -7.20. The van der Waals surface area contributed by atoms with Crippen LogP contribution in [0.5, 0.6) is 6.01 Å². The molecule has 0 radical (unpaired) electrons. The number of aliphatic hydroxyl groups is 1. The summed E-state index contributed by atoms with van der Waals surface area (Å²) in [6.45, 7) is 22.9. The number of aromatic nitrogens is 4. The summed E-state index contributed by atoms with van der Waals surface area (Å²) in [7, 11) is -5.75. The molecule has 1 aliphatic carbocycles. The second kappa shape index (κ2) is 26.4. The lowest BCUT2D eigenvalue weighted by Gasteiger charge is -2.48. The van der Waals surface area contributed by atoms with Crippen LogP contribution in [0, 0.1) is 5.92 Å². The van der Waals surface area contributed by atoms with Gasteiger partial charge in [0, 0.05) is 5.92 Å². The Morgan fingerprint density at radius 2 is 1.10 bits per heavy atom. The average Bonchev–Trinajstić information content (AvgIpc) is 1.68. The SMILES string of the molecule is CC1(C)O[C@@H]2[C@H](O1)[C@@H](CO[Si](c1ccccc1)(c1ccccc1)C(C)(C)C)O[C@H]2n1c(O[C@H]2C[C@H](COCc3ccccc3)[C@@H](OCc3ccccc3)[C@H](O[Si](C)(C)C(C)(C)C)[C@@H]2O)nc2c(NC(c3ccccc3)(c3ccccc3)c3ccccc3)ncnc21. The third kappa shape index (κ3) is 13.0. The second-order valence-electron chi connectivity index (χ2n) is 27.5. The summed E-state index contributed by atoms with van der Waals surface area (Å²) >= 11 is 0. The molecular formula is C75H87N5O9Si2. The van der Waals surface area contributed by atoms with Crippen LogP contribution in [0.1, 0.15) is 95.9 Å². The van der Waals surface area contributed by atoms with E-state index < -0.39 is 76.9 Å². The molecule has 7 aromatic carbocycles. The quantitative estimate of drug-likeness (QED) is 0.0490. The van der Waals surface area contributed by atoms with Crippen LogP contribution in [0.15, 0.2) is 219 Å². The number of imidazole rings is 1. The lowest BCUT2D eigenvalue weighted by Crippen LogP contribution is -2.67. The first-order chi connectivity index (χ1) is 43.8. The zero-order valence-electron chi connectivity index (χ0n) is 54.0. The van der Waals surface area contributed by atoms with Gasteiger partial charge in [-0.05, 0) is 81.6 Å². The molecule has 3 aliphatic rings. The summed E-state index contributed by atoms with van der Waals surface area (Å²) in [5.74, 6) is -0.918. The zero-order valence-corrected chi connectivity index (χ0v) is 56.0. The van der Waals surface area contributed by atoms with E-state index in [9.17, 15) is 5.11 Å². The number of fused-ring (bicyclic) bond motifs is 2. The van der Waals surface area contributed by atoms with Crippen LogP contribution in [0.3, 0.4) is 0 Å². The van der Waals surface area contributed by atoms with Gasteiger partial charge in [-0.15, -0.1) is 0 Å². The van der Waals surface area contributed by atoms with Gasteiger partial charge in [0.2, 0.25) is 0 Å². The largest absolute Gasteiger partial charge is 0.458 e. The van der Waals surface area contributed by atoms with Gasteiger partial charge in [-0.25, -0.2) is 14.5 Å². The molecule has 0 spiro atoms. The first kappa shape index (κ1) is 63.9. The maximum Gasteiger partial charge on any atom is 0.301 e. The molecule has 91 heavy (non-hydrogen) atoms. The van der Waals surface area contributed by atoms with Gasteiger partial charge in [-0.3, -0.25) is 0 Å². The number of ether oxygens (including phenoxy) is 6. The molecule has 2 saturated heterocycles. The number of benzene rings is 7. The van der Waals surface area contributed by atoms with E-state index in [-0.39, 0.29) is 35.2 Å². The predicted molar refractivity (Wildman–Crippen MR) is 361 cm³/mol. The lowest BCUT2D eigenvalue weighted by molar-refractivity contribution is -0.201. The molecule has 4 heterocycles. The fraction of sp³-hybridized carbons (Fsp3) is 0.373. The molecule has 12 rings (SSSR count). The Kier molecular flexibility index (Phi) is 18.6. The van der Waals surface area contributed by atoms with Crippen molar-refractivity contribution in [3.8, 4) is 6.01 Å². The Labute approximate surface area is 538 Å². The van der Waals surface area contributed by atoms with Gasteiger partial charge in [-0.1, -0.05) is 254 Å². The number of anilines is 1. The van der Waals surface area contributed by atoms with Crippen LogP contribution in [-0.4, -0.2) is 103 Å². The summed E-state index contributed by atoms with van der Waals surface area (Å²) in [5, 5.41) is 19.1. The van der Waals surface area contributed by atoms with E-state index in [1.165, 1.54) is 0 Å². The minimum absolute atomic E-state index is 0.136. The first-order valence-corrected chi connectivity index (χ1v) is 36.8. The first-order valence-electron chi connectivity index (χ1n) is 32.0. The third-order valence-electron chi connectivity index (χ3n) is 18.9. The van der Waals surface area contributed by atoms with Crippen molar-refractivity contribution >= 4 is 44.0 Å².